The topological polar surface area (TPSA) is 35.2 Å². The average Bonchev–Trinajstić information content (AvgIpc) is 2.68. The highest BCUT2D eigenvalue weighted by Gasteiger charge is 2.28. The minimum atomic E-state index is 0.185. The van der Waals surface area contributed by atoms with E-state index in [4.69, 9.17) is 10.5 Å². The van der Waals surface area contributed by atoms with Crippen molar-refractivity contribution in [2.45, 2.75) is 162 Å². The summed E-state index contributed by atoms with van der Waals surface area (Å²) >= 11 is 0. The molecule has 1 aliphatic carbocycles. The number of ether oxygens (including phenoxy) is 1. The zero-order valence-electron chi connectivity index (χ0n) is 21.6. The third-order valence-electron chi connectivity index (χ3n) is 7.10. The van der Waals surface area contributed by atoms with Gasteiger partial charge in [-0.05, 0) is 42.9 Å². The van der Waals surface area contributed by atoms with Crippen LogP contribution < -0.4 is 5.73 Å². The van der Waals surface area contributed by atoms with Gasteiger partial charge < -0.3 is 10.5 Å². The van der Waals surface area contributed by atoms with Gasteiger partial charge in [-0.2, -0.15) is 0 Å². The summed E-state index contributed by atoms with van der Waals surface area (Å²) in [7, 11) is 0. The summed E-state index contributed by atoms with van der Waals surface area (Å²) in [6.07, 6.45) is 24.8. The van der Waals surface area contributed by atoms with Crippen LogP contribution in [0.1, 0.15) is 150 Å². The molecular formula is C28H57NO. The van der Waals surface area contributed by atoms with Crippen LogP contribution in [0.15, 0.2) is 0 Å². The van der Waals surface area contributed by atoms with Crippen LogP contribution in [0.5, 0.6) is 0 Å². The number of hydrogen-bond donors (Lipinski definition) is 1. The lowest BCUT2D eigenvalue weighted by Gasteiger charge is -2.34. The highest BCUT2D eigenvalue weighted by molar-refractivity contribution is 4.81. The van der Waals surface area contributed by atoms with E-state index in [1.54, 1.807) is 0 Å². The van der Waals surface area contributed by atoms with Crippen molar-refractivity contribution in [3.63, 3.8) is 0 Å². The fourth-order valence-corrected chi connectivity index (χ4v) is 5.32. The quantitative estimate of drug-likeness (QED) is 0.223. The average molecular weight is 424 g/mol. The molecule has 0 bridgehead atoms. The largest absolute Gasteiger partial charge is 0.378 e. The van der Waals surface area contributed by atoms with Gasteiger partial charge in [-0.25, -0.2) is 0 Å². The van der Waals surface area contributed by atoms with Crippen LogP contribution in [0.25, 0.3) is 0 Å². The summed E-state index contributed by atoms with van der Waals surface area (Å²) in [5.41, 5.74) is 7.16. The smallest absolute Gasteiger partial charge is 0.0575 e. The molecule has 2 nitrogen and oxygen atoms in total. The highest BCUT2D eigenvalue weighted by atomic mass is 16.5. The predicted octanol–water partition coefficient (Wildman–Crippen LogP) is 8.81. The van der Waals surface area contributed by atoms with Crippen LogP contribution in [-0.4, -0.2) is 18.8 Å². The van der Waals surface area contributed by atoms with Crippen molar-refractivity contribution in [3.05, 3.63) is 0 Å². The Morgan fingerprint density at radius 2 is 1.23 bits per heavy atom. The van der Waals surface area contributed by atoms with Gasteiger partial charge in [-0.1, -0.05) is 118 Å². The summed E-state index contributed by atoms with van der Waals surface area (Å²) in [4.78, 5) is 0. The molecule has 0 amide bonds. The Hall–Kier alpha value is -0.0800. The first kappa shape index (κ1) is 28.0. The van der Waals surface area contributed by atoms with E-state index in [0.29, 0.717) is 11.5 Å². The third-order valence-corrected chi connectivity index (χ3v) is 7.10. The molecule has 2 N–H and O–H groups in total. The molecule has 2 heteroatoms. The minimum absolute atomic E-state index is 0.185. The SMILES string of the molecule is CCCCCCCCCCCCC(C)(C)CC(N)CC(C)(C)COC1CCCCC1. The Balaban J connectivity index is 2.11. The van der Waals surface area contributed by atoms with Crippen LogP contribution in [0.4, 0.5) is 0 Å². The molecule has 0 radical (unpaired) electrons. The second-order valence-corrected chi connectivity index (χ2v) is 12.0. The molecule has 0 heterocycles. The van der Waals surface area contributed by atoms with E-state index in [1.807, 2.05) is 0 Å². The lowest BCUT2D eigenvalue weighted by atomic mass is 9.77. The van der Waals surface area contributed by atoms with Gasteiger partial charge in [0, 0.05) is 6.04 Å². The molecule has 1 aliphatic rings. The first-order chi connectivity index (χ1) is 14.2. The predicted molar refractivity (Wildman–Crippen MR) is 134 cm³/mol. The lowest BCUT2D eigenvalue weighted by Crippen LogP contribution is -2.35. The number of nitrogens with two attached hydrogens (primary N) is 1. The van der Waals surface area contributed by atoms with Crippen molar-refractivity contribution < 1.29 is 4.74 Å². The van der Waals surface area contributed by atoms with Crippen molar-refractivity contribution in [1.29, 1.82) is 0 Å². The molecule has 0 saturated heterocycles. The summed E-state index contributed by atoms with van der Waals surface area (Å²) < 4.78 is 6.26. The first-order valence-corrected chi connectivity index (χ1v) is 13.6. The van der Waals surface area contributed by atoms with E-state index < -0.39 is 0 Å². The van der Waals surface area contributed by atoms with Crippen molar-refractivity contribution in [2.24, 2.45) is 16.6 Å². The Labute approximate surface area is 190 Å². The van der Waals surface area contributed by atoms with Gasteiger partial charge in [0.25, 0.3) is 0 Å². The van der Waals surface area contributed by atoms with Gasteiger partial charge in [0.05, 0.1) is 12.7 Å². The zero-order chi connectivity index (χ0) is 22.3. The molecule has 0 aliphatic heterocycles. The lowest BCUT2D eigenvalue weighted by molar-refractivity contribution is -0.0199. The van der Waals surface area contributed by atoms with E-state index in [1.165, 1.54) is 103 Å². The third kappa shape index (κ3) is 14.8. The van der Waals surface area contributed by atoms with Gasteiger partial charge in [-0.3, -0.25) is 0 Å². The van der Waals surface area contributed by atoms with Gasteiger partial charge >= 0.3 is 0 Å². The monoisotopic (exact) mass is 423 g/mol. The van der Waals surface area contributed by atoms with E-state index >= 15 is 0 Å². The van der Waals surface area contributed by atoms with Gasteiger partial charge in [0.15, 0.2) is 0 Å². The molecule has 180 valence electrons. The molecule has 1 unspecified atom stereocenters. The standard InChI is InChI=1S/C28H57NO/c1-6-7-8-9-10-11-12-13-14-18-21-27(2,3)22-25(29)23-28(4,5)24-30-26-19-16-15-17-20-26/h25-26H,6-24,29H2,1-5H3. The number of hydrogen-bond acceptors (Lipinski definition) is 2. The highest BCUT2D eigenvalue weighted by Crippen LogP contribution is 2.33. The van der Waals surface area contributed by atoms with Crippen molar-refractivity contribution in [1.82, 2.24) is 0 Å². The van der Waals surface area contributed by atoms with Gasteiger partial charge in [0.2, 0.25) is 0 Å². The first-order valence-electron chi connectivity index (χ1n) is 13.6. The minimum Gasteiger partial charge on any atom is -0.378 e. The summed E-state index contributed by atoms with van der Waals surface area (Å²) in [5, 5.41) is 0. The maximum atomic E-state index is 6.62. The summed E-state index contributed by atoms with van der Waals surface area (Å²) in [6.45, 7) is 12.7. The van der Waals surface area contributed by atoms with E-state index in [-0.39, 0.29) is 11.5 Å². The van der Waals surface area contributed by atoms with Gasteiger partial charge in [0.1, 0.15) is 0 Å². The zero-order valence-corrected chi connectivity index (χ0v) is 21.6. The maximum Gasteiger partial charge on any atom is 0.0575 e. The normalized spacial score (nSPS) is 17.4. The molecule has 0 aromatic rings. The molecule has 0 aromatic heterocycles. The van der Waals surface area contributed by atoms with Crippen molar-refractivity contribution >= 4 is 0 Å². The second-order valence-electron chi connectivity index (χ2n) is 12.0. The maximum absolute atomic E-state index is 6.62. The Bertz CT molecular complexity index is 397. The van der Waals surface area contributed by atoms with Crippen molar-refractivity contribution in [3.8, 4) is 0 Å². The fraction of sp³-hybridized carbons (Fsp3) is 1.00. The Morgan fingerprint density at radius 3 is 1.80 bits per heavy atom. The summed E-state index contributed by atoms with van der Waals surface area (Å²) in [5.74, 6) is 0. The van der Waals surface area contributed by atoms with E-state index in [0.717, 1.165) is 19.4 Å². The van der Waals surface area contributed by atoms with Crippen LogP contribution in [0.2, 0.25) is 0 Å². The van der Waals surface area contributed by atoms with Crippen molar-refractivity contribution in [2.75, 3.05) is 6.61 Å². The summed E-state index contributed by atoms with van der Waals surface area (Å²) in [6, 6.07) is 0.285. The van der Waals surface area contributed by atoms with Gasteiger partial charge in [-0.15, -0.1) is 0 Å². The molecule has 30 heavy (non-hydrogen) atoms. The van der Waals surface area contributed by atoms with E-state index in [9.17, 15) is 0 Å². The molecule has 1 saturated carbocycles. The molecule has 0 spiro atoms. The molecule has 1 fully saturated rings. The van der Waals surface area contributed by atoms with Crippen LogP contribution >= 0.6 is 0 Å². The van der Waals surface area contributed by atoms with Crippen LogP contribution in [0, 0.1) is 10.8 Å². The number of unbranched alkanes of at least 4 members (excludes halogenated alkanes) is 9. The molecule has 1 atom stereocenters. The number of rotatable bonds is 18. The second kappa shape index (κ2) is 15.7. The molecule has 0 aromatic carbocycles. The van der Waals surface area contributed by atoms with Crippen LogP contribution in [0.3, 0.4) is 0 Å². The van der Waals surface area contributed by atoms with Crippen LogP contribution in [-0.2, 0) is 4.74 Å². The van der Waals surface area contributed by atoms with E-state index in [2.05, 4.69) is 34.6 Å². The fourth-order valence-electron chi connectivity index (χ4n) is 5.32. The Morgan fingerprint density at radius 1 is 0.733 bits per heavy atom. The Kier molecular flexibility index (Phi) is 14.6. The molecular weight excluding hydrogens is 366 g/mol. The molecule has 1 rings (SSSR count).